The number of aliphatic hydroxyl groups excluding tert-OH is 11. The standard InChI is InChI=1S/C23H44O15/c1-9(2)3-10(25)16(27)17(28)11(26)5-35-6-14-20(31)23(34)21(32)15(38-14)8-36-7-13-19(30)22(33)18(29)12(4-24)37-13/h9-34H,3-8H2,1-2H3. The van der Waals surface area contributed by atoms with Crippen LogP contribution < -0.4 is 0 Å². The Balaban J connectivity index is 1.84. The third-order valence-corrected chi connectivity index (χ3v) is 6.79. The van der Waals surface area contributed by atoms with E-state index >= 15 is 0 Å². The highest BCUT2D eigenvalue weighted by Crippen LogP contribution is 2.24. The van der Waals surface area contributed by atoms with Crippen LogP contribution in [-0.2, 0) is 18.9 Å². The van der Waals surface area contributed by atoms with Crippen molar-refractivity contribution in [1.29, 1.82) is 0 Å². The predicted octanol–water partition coefficient (Wildman–Crippen LogP) is -5.80. The van der Waals surface area contributed by atoms with Crippen LogP contribution in [0.3, 0.4) is 0 Å². The van der Waals surface area contributed by atoms with E-state index in [4.69, 9.17) is 18.9 Å². The lowest BCUT2D eigenvalue weighted by Crippen LogP contribution is -2.61. The minimum absolute atomic E-state index is 0.0427. The largest absolute Gasteiger partial charge is 0.394 e. The predicted molar refractivity (Wildman–Crippen MR) is 126 cm³/mol. The maximum atomic E-state index is 10.3. The molecule has 11 N–H and O–H groups in total. The summed E-state index contributed by atoms with van der Waals surface area (Å²) in [6.45, 7) is 1.45. The third kappa shape index (κ3) is 8.70. The highest BCUT2D eigenvalue weighted by Gasteiger charge is 2.46. The van der Waals surface area contributed by atoms with Gasteiger partial charge in [0, 0.05) is 0 Å². The van der Waals surface area contributed by atoms with Crippen molar-refractivity contribution in [2.75, 3.05) is 33.0 Å². The van der Waals surface area contributed by atoms with Crippen LogP contribution in [0.15, 0.2) is 0 Å². The average Bonchev–Trinajstić information content (AvgIpc) is 2.88. The summed E-state index contributed by atoms with van der Waals surface area (Å²) in [5, 5.41) is 110. The molecule has 2 saturated heterocycles. The molecule has 2 fully saturated rings. The summed E-state index contributed by atoms with van der Waals surface area (Å²) in [4.78, 5) is 0. The van der Waals surface area contributed by atoms with Gasteiger partial charge in [-0.2, -0.15) is 0 Å². The molecule has 2 aliphatic heterocycles. The molecule has 0 aliphatic carbocycles. The zero-order chi connectivity index (χ0) is 28.7. The molecule has 14 atom stereocenters. The van der Waals surface area contributed by atoms with E-state index in [1.807, 2.05) is 13.8 Å². The maximum absolute atomic E-state index is 10.3. The van der Waals surface area contributed by atoms with E-state index in [9.17, 15) is 56.2 Å². The zero-order valence-electron chi connectivity index (χ0n) is 21.5. The van der Waals surface area contributed by atoms with E-state index in [2.05, 4.69) is 0 Å². The smallest absolute Gasteiger partial charge is 0.111 e. The fourth-order valence-corrected chi connectivity index (χ4v) is 4.40. The number of ether oxygens (including phenoxy) is 4. The van der Waals surface area contributed by atoms with Crippen LogP contribution in [0.5, 0.6) is 0 Å². The molecule has 0 aromatic heterocycles. The normalized spacial score (nSPS) is 39.6. The van der Waals surface area contributed by atoms with Crippen molar-refractivity contribution in [1.82, 2.24) is 0 Å². The number of hydrogen-bond acceptors (Lipinski definition) is 15. The van der Waals surface area contributed by atoms with Crippen LogP contribution in [0.1, 0.15) is 20.3 Å². The lowest BCUT2D eigenvalue weighted by Gasteiger charge is -2.41. The Morgan fingerprint density at radius 1 is 0.579 bits per heavy atom. The molecule has 2 aliphatic rings. The van der Waals surface area contributed by atoms with Gasteiger partial charge in [-0.3, -0.25) is 0 Å². The van der Waals surface area contributed by atoms with Crippen LogP contribution in [0.2, 0.25) is 0 Å². The minimum Gasteiger partial charge on any atom is -0.394 e. The lowest BCUT2D eigenvalue weighted by molar-refractivity contribution is -0.256. The molecule has 38 heavy (non-hydrogen) atoms. The summed E-state index contributed by atoms with van der Waals surface area (Å²) in [7, 11) is 0. The van der Waals surface area contributed by atoms with Crippen molar-refractivity contribution in [3.8, 4) is 0 Å². The first-order valence-electron chi connectivity index (χ1n) is 12.7. The van der Waals surface area contributed by atoms with Gasteiger partial charge in [0.05, 0.1) is 39.1 Å². The Bertz CT molecular complexity index is 669. The Morgan fingerprint density at radius 3 is 1.42 bits per heavy atom. The van der Waals surface area contributed by atoms with Crippen molar-refractivity contribution in [2.24, 2.45) is 5.92 Å². The molecule has 0 saturated carbocycles. The van der Waals surface area contributed by atoms with Gasteiger partial charge in [-0.05, 0) is 12.3 Å². The first kappa shape index (κ1) is 33.6. The van der Waals surface area contributed by atoms with Gasteiger partial charge >= 0.3 is 0 Å². The third-order valence-electron chi connectivity index (χ3n) is 6.79. The van der Waals surface area contributed by atoms with Crippen LogP contribution in [0.4, 0.5) is 0 Å². The van der Waals surface area contributed by atoms with Gasteiger partial charge in [-0.15, -0.1) is 0 Å². The molecule has 15 nitrogen and oxygen atoms in total. The van der Waals surface area contributed by atoms with E-state index in [1.165, 1.54) is 0 Å². The van der Waals surface area contributed by atoms with E-state index in [-0.39, 0.29) is 32.2 Å². The summed E-state index contributed by atoms with van der Waals surface area (Å²) >= 11 is 0. The molecule has 0 radical (unpaired) electrons. The first-order chi connectivity index (χ1) is 17.8. The zero-order valence-corrected chi connectivity index (χ0v) is 21.5. The van der Waals surface area contributed by atoms with Crippen LogP contribution in [0, 0.1) is 5.92 Å². The molecule has 0 aromatic carbocycles. The summed E-state index contributed by atoms with van der Waals surface area (Å²) in [5.74, 6) is 0.0427. The first-order valence-corrected chi connectivity index (χ1v) is 12.7. The Morgan fingerprint density at radius 2 is 0.974 bits per heavy atom. The summed E-state index contributed by atoms with van der Waals surface area (Å²) in [6, 6.07) is 0. The average molecular weight is 561 g/mol. The number of aliphatic hydroxyl groups is 11. The van der Waals surface area contributed by atoms with E-state index < -0.39 is 98.7 Å². The van der Waals surface area contributed by atoms with Gasteiger partial charge in [-0.25, -0.2) is 0 Å². The van der Waals surface area contributed by atoms with Crippen molar-refractivity contribution in [3.63, 3.8) is 0 Å². The Labute approximate surface area is 220 Å². The van der Waals surface area contributed by atoms with E-state index in [1.54, 1.807) is 0 Å². The monoisotopic (exact) mass is 560 g/mol. The van der Waals surface area contributed by atoms with Crippen molar-refractivity contribution >= 4 is 0 Å². The Kier molecular flexibility index (Phi) is 13.6. The summed E-state index contributed by atoms with van der Waals surface area (Å²) in [5.41, 5.74) is 0. The van der Waals surface area contributed by atoms with Crippen molar-refractivity contribution < 1.29 is 75.1 Å². The van der Waals surface area contributed by atoms with Crippen LogP contribution in [-0.4, -0.2) is 175 Å². The van der Waals surface area contributed by atoms with Crippen LogP contribution >= 0.6 is 0 Å². The second kappa shape index (κ2) is 15.4. The molecular formula is C23H44O15. The van der Waals surface area contributed by atoms with Gasteiger partial charge < -0.3 is 75.1 Å². The quantitative estimate of drug-likeness (QED) is 0.0945. The molecule has 2 heterocycles. The van der Waals surface area contributed by atoms with Crippen LogP contribution in [0.25, 0.3) is 0 Å². The fourth-order valence-electron chi connectivity index (χ4n) is 4.40. The van der Waals surface area contributed by atoms with Crippen molar-refractivity contribution in [3.05, 3.63) is 0 Å². The fraction of sp³-hybridized carbons (Fsp3) is 1.00. The van der Waals surface area contributed by atoms with Gasteiger partial charge in [0.15, 0.2) is 0 Å². The molecule has 2 rings (SSSR count). The highest BCUT2D eigenvalue weighted by molar-refractivity contribution is 4.94. The van der Waals surface area contributed by atoms with Crippen molar-refractivity contribution in [2.45, 2.75) is 106 Å². The van der Waals surface area contributed by atoms with E-state index in [0.717, 1.165) is 0 Å². The molecule has 0 bridgehead atoms. The van der Waals surface area contributed by atoms with Gasteiger partial charge in [0.2, 0.25) is 0 Å². The summed E-state index contributed by atoms with van der Waals surface area (Å²) in [6.07, 6.45) is -20.0. The minimum atomic E-state index is -1.71. The molecule has 0 amide bonds. The van der Waals surface area contributed by atoms with E-state index in [0.29, 0.717) is 0 Å². The molecular weight excluding hydrogens is 516 g/mol. The van der Waals surface area contributed by atoms with Gasteiger partial charge in [0.25, 0.3) is 0 Å². The molecule has 0 aromatic rings. The molecule has 15 heteroatoms. The SMILES string of the molecule is CC(C)CC(O)C(O)C(O)C(O)COCC1OC(COCC2OC(CO)C(O)C(O)C2O)C(O)C(O)C1O. The second-order valence-corrected chi connectivity index (χ2v) is 10.4. The maximum Gasteiger partial charge on any atom is 0.111 e. The van der Waals surface area contributed by atoms with Gasteiger partial charge in [0.1, 0.15) is 79.4 Å². The topological polar surface area (TPSA) is 259 Å². The second-order valence-electron chi connectivity index (χ2n) is 10.4. The summed E-state index contributed by atoms with van der Waals surface area (Å²) < 4.78 is 21.6. The molecule has 0 spiro atoms. The number of rotatable bonds is 14. The Hall–Kier alpha value is -0.600. The molecule has 14 unspecified atom stereocenters. The highest BCUT2D eigenvalue weighted by atomic mass is 16.6. The molecule has 226 valence electrons. The number of hydrogen-bond donors (Lipinski definition) is 11. The lowest BCUT2D eigenvalue weighted by atomic mass is 9.95. The van der Waals surface area contributed by atoms with Gasteiger partial charge in [-0.1, -0.05) is 13.8 Å².